The van der Waals surface area contributed by atoms with Crippen LogP contribution in [-0.4, -0.2) is 408 Å². The summed E-state index contributed by atoms with van der Waals surface area (Å²) in [5.41, 5.74) is 1.03. The lowest BCUT2D eigenvalue weighted by molar-refractivity contribution is -0.148. The zero-order valence-corrected chi connectivity index (χ0v) is 89.9. The molecule has 11 aliphatic heterocycles. The minimum absolute atomic E-state index is 0.108. The summed E-state index contributed by atoms with van der Waals surface area (Å²) in [4.78, 5) is 61.7. The van der Waals surface area contributed by atoms with Gasteiger partial charge in [-0.1, -0.05) is 26.7 Å². The van der Waals surface area contributed by atoms with Crippen molar-refractivity contribution in [2.45, 2.75) is 446 Å². The Kier molecular flexibility index (Phi) is 55.8. The van der Waals surface area contributed by atoms with Crippen LogP contribution in [0, 0.1) is 11.8 Å². The summed E-state index contributed by atoms with van der Waals surface area (Å²) >= 11 is 0. The first-order chi connectivity index (χ1) is 56.2. The van der Waals surface area contributed by atoms with Gasteiger partial charge in [0.2, 0.25) is 11.8 Å². The van der Waals surface area contributed by atoms with Crippen molar-refractivity contribution >= 4 is 11.8 Å². The molecule has 11 rings (SSSR count). The highest BCUT2D eigenvalue weighted by Gasteiger charge is 2.42. The standard InChI is InChI=1S/2C10H20N2O.C10H22N2.2C10H21N.2C9H20N2.2C9H19N.2C8H17NO/c1-8(2)12-6-9(13)11(5)7-10(12,3)4;1-8(2)12-7-6-11(5)9(13)10(12,3)4;1-9(2)12-7-6-11(5)8-10(12,3)4;2*1-9(2)11-8-6-5-7-10(11,3)4;2*1-8(2)11-6-5-10(4)9(3)7-11;2*1-8(2)10-6-4-5-9(3)7-10;2*1-7(2)9-4-5-10-8(3)6-9/h2*8H,6-7H2,1-5H3;9H,6-8H2,1-5H3;2*9H,5-8H2,1-4H3;2*8-9H,5-7H2,1-4H3;2*8-9H,4-7H2,1-3H3;2*7-8H,4-6H2,1-3H3/t;;;;;4*9-;2*8-/m.....101010/s1. The highest BCUT2D eigenvalue weighted by molar-refractivity contribution is 5.86. The van der Waals surface area contributed by atoms with Gasteiger partial charge in [0.1, 0.15) is 0 Å². The van der Waals surface area contributed by atoms with E-state index in [-0.39, 0.29) is 22.9 Å². The van der Waals surface area contributed by atoms with Gasteiger partial charge in [0, 0.05) is 233 Å². The predicted octanol–water partition coefficient (Wildman–Crippen LogP) is 17.2. The van der Waals surface area contributed by atoms with Crippen LogP contribution in [0.25, 0.3) is 0 Å². The van der Waals surface area contributed by atoms with E-state index in [1.165, 1.54) is 162 Å². The molecule has 0 spiro atoms. The first-order valence-electron chi connectivity index (χ1n) is 50.3. The summed E-state index contributed by atoms with van der Waals surface area (Å²) in [5.74, 6) is 2.31. The Morgan fingerprint density at radius 3 is 0.893 bits per heavy atom. The number of hydrogen-bond acceptors (Lipinski definition) is 18. The third kappa shape index (κ3) is 44.0. The largest absolute Gasteiger partial charge is 0.376 e. The normalized spacial score (nSPS) is 27.4. The van der Waals surface area contributed by atoms with Crippen LogP contribution in [0.5, 0.6) is 0 Å². The van der Waals surface area contributed by atoms with Gasteiger partial charge in [0.05, 0.1) is 37.5 Å². The molecule has 122 heavy (non-hydrogen) atoms. The minimum Gasteiger partial charge on any atom is -0.376 e. The van der Waals surface area contributed by atoms with Crippen LogP contribution in [0.15, 0.2) is 0 Å². The molecular weight excluding hydrogens is 1510 g/mol. The Labute approximate surface area is 761 Å². The molecule has 728 valence electrons. The van der Waals surface area contributed by atoms with Gasteiger partial charge in [0.25, 0.3) is 0 Å². The average Bonchev–Trinajstić information content (AvgIpc) is 0.745. The highest BCUT2D eigenvalue weighted by Crippen LogP contribution is 2.32. The number of piperidine rings is 4. The van der Waals surface area contributed by atoms with Crippen molar-refractivity contribution in [1.82, 2.24) is 78.4 Å². The molecule has 20 nitrogen and oxygen atoms in total. The Bertz CT molecular complexity index is 2530. The third-order valence-corrected chi connectivity index (χ3v) is 28.4. The maximum atomic E-state index is 11.8. The fraction of sp³-hybridized carbons (Fsp3) is 0.980. The molecule has 20 heteroatoms. The van der Waals surface area contributed by atoms with Gasteiger partial charge >= 0.3 is 0 Å². The van der Waals surface area contributed by atoms with Crippen LogP contribution in [-0.2, 0) is 19.1 Å². The van der Waals surface area contributed by atoms with Crippen molar-refractivity contribution in [2.24, 2.45) is 11.8 Å². The van der Waals surface area contributed by atoms with E-state index >= 15 is 0 Å². The van der Waals surface area contributed by atoms with Gasteiger partial charge in [-0.05, 0) is 360 Å². The number of nitrogens with zero attached hydrogens (tertiary/aromatic N) is 16. The molecule has 0 aromatic heterocycles. The van der Waals surface area contributed by atoms with Gasteiger partial charge in [-0.2, -0.15) is 0 Å². The number of rotatable bonds is 11. The van der Waals surface area contributed by atoms with Gasteiger partial charge in [-0.25, -0.2) is 0 Å². The molecule has 0 N–H and O–H groups in total. The molecule has 11 aliphatic rings. The van der Waals surface area contributed by atoms with Crippen LogP contribution in [0.1, 0.15) is 327 Å². The van der Waals surface area contributed by atoms with Crippen molar-refractivity contribution in [3.05, 3.63) is 0 Å². The molecule has 11 fully saturated rings. The second-order valence-electron chi connectivity index (χ2n) is 45.4. The predicted molar refractivity (Wildman–Crippen MR) is 532 cm³/mol. The number of likely N-dealkylation sites (N-methyl/N-ethyl adjacent to an activating group) is 5. The van der Waals surface area contributed by atoms with Gasteiger partial charge in [-0.3, -0.25) is 53.7 Å². The lowest BCUT2D eigenvalue weighted by atomic mass is 9.89. The fourth-order valence-electron chi connectivity index (χ4n) is 20.2. The quantitative estimate of drug-likeness (QED) is 0.196. The molecule has 11 saturated heterocycles. The highest BCUT2D eigenvalue weighted by atomic mass is 16.5. The van der Waals surface area contributed by atoms with E-state index in [1.807, 2.05) is 37.7 Å². The Morgan fingerprint density at radius 1 is 0.295 bits per heavy atom. The summed E-state index contributed by atoms with van der Waals surface area (Å²) in [6.45, 7) is 114. The molecule has 0 radical (unpaired) electrons. The number of ether oxygens (including phenoxy) is 2. The maximum absolute atomic E-state index is 11.8. The smallest absolute Gasteiger partial charge is 0.242 e. The molecule has 0 aromatic rings. The van der Waals surface area contributed by atoms with E-state index in [4.69, 9.17) is 9.47 Å². The van der Waals surface area contributed by atoms with Crippen molar-refractivity contribution in [3.63, 3.8) is 0 Å². The summed E-state index contributed by atoms with van der Waals surface area (Å²) < 4.78 is 10.8. The monoisotopic (exact) mass is 1730 g/mol. The lowest BCUT2D eigenvalue weighted by Gasteiger charge is -2.48. The summed E-state index contributed by atoms with van der Waals surface area (Å²) in [6, 6.07) is 8.71. The number of amides is 2. The number of carbonyl (C=O) groups excluding carboxylic acids is 2. The van der Waals surface area contributed by atoms with E-state index in [0.717, 1.165) is 95.0 Å². The molecule has 0 bridgehead atoms. The number of morpholine rings is 2. The van der Waals surface area contributed by atoms with Crippen LogP contribution < -0.4 is 0 Å². The molecule has 11 heterocycles. The van der Waals surface area contributed by atoms with E-state index < -0.39 is 0 Å². The third-order valence-electron chi connectivity index (χ3n) is 28.4. The molecule has 2 amide bonds. The zero-order chi connectivity index (χ0) is 93.9. The van der Waals surface area contributed by atoms with Crippen molar-refractivity contribution < 1.29 is 19.1 Å². The molecule has 0 unspecified atom stereocenters. The summed E-state index contributed by atoms with van der Waals surface area (Å²) in [5, 5.41) is 0. The van der Waals surface area contributed by atoms with Crippen LogP contribution in [0.2, 0.25) is 0 Å². The van der Waals surface area contributed by atoms with Gasteiger partial charge in [0.15, 0.2) is 0 Å². The average molecular weight is 1730 g/mol. The van der Waals surface area contributed by atoms with E-state index in [2.05, 4.69) is 339 Å². The fourth-order valence-corrected chi connectivity index (χ4v) is 20.2. The Balaban J connectivity index is 0.000000672. The zero-order valence-electron chi connectivity index (χ0n) is 89.9. The topological polar surface area (TPSA) is 104 Å². The van der Waals surface area contributed by atoms with Crippen LogP contribution in [0.4, 0.5) is 0 Å². The van der Waals surface area contributed by atoms with Gasteiger partial charge < -0.3 is 43.8 Å². The molecule has 0 aliphatic carbocycles. The number of hydrogen-bond donors (Lipinski definition) is 0. The van der Waals surface area contributed by atoms with E-state index in [0.29, 0.717) is 89.7 Å². The Hall–Kier alpha value is -1.70. The number of carbonyl (C=O) groups is 2. The molecule has 6 atom stereocenters. The summed E-state index contributed by atoms with van der Waals surface area (Å²) in [6.07, 6.45) is 14.9. The maximum Gasteiger partial charge on any atom is 0.242 e. The number of piperazine rings is 5. The molecular formula is C102H216N16O4. The first kappa shape index (κ1) is 118. The second kappa shape index (κ2) is 57.6. The van der Waals surface area contributed by atoms with Crippen molar-refractivity contribution in [1.29, 1.82) is 0 Å². The molecule has 0 saturated carbocycles. The SMILES string of the molecule is CC(C)N1CC(=O)N(C)CC1(C)C.CC(C)N1CCCCC1(C)C.CC(C)N1CCCCC1(C)C.CC(C)N1CCC[C@@H](C)C1.CC(C)N1CCC[C@H](C)C1.CC(C)N1CCN(C)C(=O)C1(C)C.CC(C)N1CCN(C)CC1(C)C.CC(C)N1CCN(C)[C@@H](C)C1.CC(C)N1CCN(C)[C@H](C)C1.CC(C)N1CCO[C@@H](C)C1.CC(C)N1CCO[C@H](C)C1. The van der Waals surface area contributed by atoms with Gasteiger partial charge in [-0.15, -0.1) is 0 Å². The first-order valence-corrected chi connectivity index (χ1v) is 50.3. The van der Waals surface area contributed by atoms with Crippen molar-refractivity contribution in [2.75, 3.05) is 199 Å². The summed E-state index contributed by atoms with van der Waals surface area (Å²) in [7, 11) is 10.4. The van der Waals surface area contributed by atoms with Crippen molar-refractivity contribution in [3.8, 4) is 0 Å². The van der Waals surface area contributed by atoms with Crippen LogP contribution in [0.3, 0.4) is 0 Å². The minimum atomic E-state index is -0.332. The second-order valence-corrected chi connectivity index (χ2v) is 45.4. The molecule has 0 aromatic carbocycles. The lowest BCUT2D eigenvalue weighted by Crippen LogP contribution is -2.63. The number of likely N-dealkylation sites (tertiary alicyclic amines) is 4. The van der Waals surface area contributed by atoms with E-state index in [1.54, 1.807) is 0 Å². The Morgan fingerprint density at radius 2 is 0.615 bits per heavy atom. The van der Waals surface area contributed by atoms with E-state index in [9.17, 15) is 9.59 Å². The van der Waals surface area contributed by atoms with Crippen LogP contribution >= 0.6 is 0 Å².